The summed E-state index contributed by atoms with van der Waals surface area (Å²) in [6.45, 7) is 2.68. The van der Waals surface area contributed by atoms with Crippen LogP contribution in [0.15, 0.2) is 36.4 Å². The number of H-pyrrole nitrogens is 1. The third-order valence-corrected chi connectivity index (χ3v) is 7.47. The van der Waals surface area contributed by atoms with Gasteiger partial charge in [0.25, 0.3) is 0 Å². The lowest BCUT2D eigenvalue weighted by Crippen LogP contribution is -2.57. The van der Waals surface area contributed by atoms with E-state index >= 15 is 13.2 Å². The van der Waals surface area contributed by atoms with Gasteiger partial charge in [-0.05, 0) is 50.6 Å². The maximum Gasteiger partial charge on any atom is 0.173 e. The summed E-state index contributed by atoms with van der Waals surface area (Å²) in [4.78, 5) is 7.12. The second-order valence-electron chi connectivity index (χ2n) is 10.3. The molecule has 5 nitrogen and oxygen atoms in total. The molecule has 0 saturated carbocycles. The first kappa shape index (κ1) is 26.0. The molecule has 1 N–H and O–H groups in total. The largest absolute Gasteiger partial charge is 0.489 e. The molecule has 0 bridgehead atoms. The first-order valence-corrected chi connectivity index (χ1v) is 12.8. The Bertz CT molecular complexity index is 1250. The average Bonchev–Trinajstić information content (AvgIpc) is 3.22. The standard InChI is InChI=1S/C28H33F4N3O2/c1-18-14-20-19-6-3-4-7-22(19)33-26(20)27(35(18)15-28(32)16-36-17-28)24-21(30)8-9-23(25(24)31)37-13-12-34(2)11-5-10-29/h3-4,6-9,18,27,33H,5,10-17H2,1-2H3/t18-,27?/m1/s1. The van der Waals surface area contributed by atoms with Crippen LogP contribution in [0, 0.1) is 11.6 Å². The molecule has 0 amide bonds. The van der Waals surface area contributed by atoms with Crippen molar-refractivity contribution in [1.82, 2.24) is 14.8 Å². The molecule has 2 aromatic carbocycles. The zero-order valence-electron chi connectivity index (χ0n) is 21.2. The molecule has 1 fully saturated rings. The minimum absolute atomic E-state index is 0.00301. The van der Waals surface area contributed by atoms with Gasteiger partial charge in [0.15, 0.2) is 17.2 Å². The first-order valence-electron chi connectivity index (χ1n) is 12.8. The predicted molar refractivity (Wildman–Crippen MR) is 135 cm³/mol. The zero-order valence-corrected chi connectivity index (χ0v) is 21.2. The molecule has 2 aliphatic rings. The number of benzene rings is 2. The number of para-hydroxylation sites is 1. The number of hydrogen-bond donors (Lipinski definition) is 1. The number of rotatable bonds is 10. The lowest BCUT2D eigenvalue weighted by molar-refractivity contribution is -0.148. The highest BCUT2D eigenvalue weighted by atomic mass is 19.1. The Hall–Kier alpha value is -2.62. The molecule has 0 spiro atoms. The van der Waals surface area contributed by atoms with Crippen LogP contribution in [0.4, 0.5) is 17.6 Å². The van der Waals surface area contributed by atoms with Gasteiger partial charge in [0, 0.05) is 42.3 Å². The van der Waals surface area contributed by atoms with E-state index in [0.717, 1.165) is 16.5 Å². The van der Waals surface area contributed by atoms with E-state index in [9.17, 15) is 4.39 Å². The fraction of sp³-hybridized carbons (Fsp3) is 0.500. The summed E-state index contributed by atoms with van der Waals surface area (Å²) in [5.74, 6) is -1.57. The summed E-state index contributed by atoms with van der Waals surface area (Å²) < 4.78 is 70.1. The van der Waals surface area contributed by atoms with Crippen LogP contribution >= 0.6 is 0 Å². The zero-order chi connectivity index (χ0) is 26.2. The highest BCUT2D eigenvalue weighted by Gasteiger charge is 2.47. The van der Waals surface area contributed by atoms with Gasteiger partial charge in [0.05, 0.1) is 31.5 Å². The number of hydrogen-bond acceptors (Lipinski definition) is 4. The fourth-order valence-electron chi connectivity index (χ4n) is 5.47. The first-order chi connectivity index (χ1) is 17.8. The average molecular weight is 520 g/mol. The normalized spacial score (nSPS) is 21.3. The lowest BCUT2D eigenvalue weighted by atomic mass is 9.86. The van der Waals surface area contributed by atoms with Crippen LogP contribution in [0.25, 0.3) is 10.9 Å². The smallest absolute Gasteiger partial charge is 0.173 e. The Kier molecular flexibility index (Phi) is 7.47. The SMILES string of the molecule is C[C@@H]1Cc2c([nH]c3ccccc23)C(c2c(F)ccc(OCCN(C)CCCF)c2F)N1CC1(F)COC1. The predicted octanol–water partition coefficient (Wildman–Crippen LogP) is 5.19. The van der Waals surface area contributed by atoms with Crippen molar-refractivity contribution in [2.75, 3.05) is 53.2 Å². The van der Waals surface area contributed by atoms with Crippen molar-refractivity contribution in [1.29, 1.82) is 0 Å². The number of halogens is 4. The van der Waals surface area contributed by atoms with Crippen LogP contribution < -0.4 is 4.74 Å². The third kappa shape index (κ3) is 5.09. The van der Waals surface area contributed by atoms with Gasteiger partial charge in [0.1, 0.15) is 12.4 Å². The van der Waals surface area contributed by atoms with E-state index in [2.05, 4.69) is 4.98 Å². The van der Waals surface area contributed by atoms with E-state index in [0.29, 0.717) is 31.6 Å². The molecule has 2 aliphatic heterocycles. The second kappa shape index (κ2) is 10.6. The molecule has 1 saturated heterocycles. The molecular formula is C28H33F4N3O2. The minimum atomic E-state index is -1.57. The van der Waals surface area contributed by atoms with Crippen molar-refractivity contribution < 1.29 is 27.0 Å². The van der Waals surface area contributed by atoms with Crippen LogP contribution in [-0.2, 0) is 11.2 Å². The molecule has 9 heteroatoms. The number of likely N-dealkylation sites (N-methyl/N-ethyl adjacent to an activating group) is 1. The summed E-state index contributed by atoms with van der Waals surface area (Å²) in [5.41, 5.74) is 0.802. The van der Waals surface area contributed by atoms with Gasteiger partial charge in [-0.25, -0.2) is 13.2 Å². The number of nitrogens with zero attached hydrogens (tertiary/aromatic N) is 2. The molecule has 3 heterocycles. The van der Waals surface area contributed by atoms with E-state index < -0.39 is 30.0 Å². The van der Waals surface area contributed by atoms with Crippen LogP contribution in [-0.4, -0.2) is 79.7 Å². The van der Waals surface area contributed by atoms with Gasteiger partial charge in [-0.1, -0.05) is 18.2 Å². The summed E-state index contributed by atoms with van der Waals surface area (Å²) in [6.07, 6.45) is 1.03. The Labute approximate surface area is 214 Å². The number of fused-ring (bicyclic) bond motifs is 3. The number of aromatic nitrogens is 1. The molecule has 200 valence electrons. The van der Waals surface area contributed by atoms with Crippen LogP contribution in [0.2, 0.25) is 0 Å². The molecule has 5 rings (SSSR count). The molecule has 3 aromatic rings. The highest BCUT2D eigenvalue weighted by Crippen LogP contribution is 2.44. The Morgan fingerprint density at radius 1 is 1.16 bits per heavy atom. The van der Waals surface area contributed by atoms with Gasteiger partial charge < -0.3 is 19.4 Å². The van der Waals surface area contributed by atoms with E-state index in [1.165, 1.54) is 12.1 Å². The monoisotopic (exact) mass is 519 g/mol. The third-order valence-electron chi connectivity index (χ3n) is 7.47. The van der Waals surface area contributed by atoms with Gasteiger partial charge in [-0.3, -0.25) is 9.29 Å². The van der Waals surface area contributed by atoms with Crippen molar-refractivity contribution in [3.8, 4) is 5.75 Å². The van der Waals surface area contributed by atoms with Crippen LogP contribution in [0.1, 0.15) is 36.2 Å². The van der Waals surface area contributed by atoms with Crippen LogP contribution in [0.3, 0.4) is 0 Å². The number of alkyl halides is 2. The van der Waals surface area contributed by atoms with Crippen molar-refractivity contribution >= 4 is 10.9 Å². The van der Waals surface area contributed by atoms with E-state index in [1.807, 2.05) is 48.0 Å². The quantitative estimate of drug-likeness (QED) is 0.375. The van der Waals surface area contributed by atoms with Crippen LogP contribution in [0.5, 0.6) is 5.75 Å². The molecule has 2 atom stereocenters. The molecule has 0 aliphatic carbocycles. The maximum atomic E-state index is 16.0. The molecule has 1 aromatic heterocycles. The second-order valence-corrected chi connectivity index (χ2v) is 10.3. The minimum Gasteiger partial charge on any atom is -0.489 e. The summed E-state index contributed by atoms with van der Waals surface area (Å²) in [6, 6.07) is 9.22. The van der Waals surface area contributed by atoms with Crippen molar-refractivity contribution in [2.45, 2.75) is 37.5 Å². The van der Waals surface area contributed by atoms with E-state index in [1.54, 1.807) is 0 Å². The van der Waals surface area contributed by atoms with Gasteiger partial charge in [-0.2, -0.15) is 0 Å². The topological polar surface area (TPSA) is 40.7 Å². The van der Waals surface area contributed by atoms with E-state index in [4.69, 9.17) is 9.47 Å². The van der Waals surface area contributed by atoms with Crippen molar-refractivity contribution in [3.05, 3.63) is 64.9 Å². The summed E-state index contributed by atoms with van der Waals surface area (Å²) >= 11 is 0. The number of ether oxygens (including phenoxy) is 2. The van der Waals surface area contributed by atoms with Gasteiger partial charge in [0.2, 0.25) is 0 Å². The highest BCUT2D eigenvalue weighted by molar-refractivity contribution is 5.85. The van der Waals surface area contributed by atoms with Gasteiger partial charge >= 0.3 is 0 Å². The maximum absolute atomic E-state index is 16.0. The lowest BCUT2D eigenvalue weighted by Gasteiger charge is -2.46. The Balaban J connectivity index is 1.52. The summed E-state index contributed by atoms with van der Waals surface area (Å²) in [7, 11) is 1.83. The molecule has 1 unspecified atom stereocenters. The molecule has 37 heavy (non-hydrogen) atoms. The fourth-order valence-corrected chi connectivity index (χ4v) is 5.47. The Morgan fingerprint density at radius 2 is 1.95 bits per heavy atom. The molecule has 0 radical (unpaired) electrons. The summed E-state index contributed by atoms with van der Waals surface area (Å²) in [5, 5.41) is 1.00. The number of nitrogens with one attached hydrogen (secondary N) is 1. The number of aromatic amines is 1. The van der Waals surface area contributed by atoms with E-state index in [-0.39, 0.29) is 43.7 Å². The van der Waals surface area contributed by atoms with Crippen molar-refractivity contribution in [2.24, 2.45) is 0 Å². The molecular weight excluding hydrogens is 486 g/mol. The van der Waals surface area contributed by atoms with Crippen molar-refractivity contribution in [3.63, 3.8) is 0 Å². The van der Waals surface area contributed by atoms with Gasteiger partial charge in [-0.15, -0.1) is 0 Å². The Morgan fingerprint density at radius 3 is 2.68 bits per heavy atom.